The Hall–Kier alpha value is -1.87. The second-order valence-electron chi connectivity index (χ2n) is 6.97. The topological polar surface area (TPSA) is 18.5 Å². The van der Waals surface area contributed by atoms with Gasteiger partial charge in [-0.25, -0.2) is 0 Å². The van der Waals surface area contributed by atoms with E-state index >= 15 is 0 Å². The fraction of sp³-hybridized carbons (Fsp3) is 0.333. The Labute approximate surface area is 147 Å². The monoisotopic (exact) mass is 338 g/mol. The fourth-order valence-electron chi connectivity index (χ4n) is 3.78. The standard InChI is InChI=1S/C21H22O2S/c1-14-20(24-15-9-5-4-6-10-15)19-16-11-7-8-12-18(16)22-13-17(19)21(2,3)23-14/h4-12,17,19H,13H2,1-3H3/t17-,19+/m0/s1. The highest BCUT2D eigenvalue weighted by molar-refractivity contribution is 8.03. The highest BCUT2D eigenvalue weighted by Gasteiger charge is 2.48. The molecule has 2 nitrogen and oxygen atoms in total. The van der Waals surface area contributed by atoms with Crippen molar-refractivity contribution in [2.45, 2.75) is 37.2 Å². The average Bonchev–Trinajstić information content (AvgIpc) is 2.58. The lowest BCUT2D eigenvalue weighted by Gasteiger charge is -2.47. The van der Waals surface area contributed by atoms with Crippen molar-refractivity contribution in [1.82, 2.24) is 0 Å². The molecule has 0 N–H and O–H groups in total. The van der Waals surface area contributed by atoms with Crippen LogP contribution in [0.3, 0.4) is 0 Å². The third kappa shape index (κ3) is 2.61. The Morgan fingerprint density at radius 2 is 1.71 bits per heavy atom. The second kappa shape index (κ2) is 5.89. The van der Waals surface area contributed by atoms with Crippen molar-refractivity contribution in [1.29, 1.82) is 0 Å². The Bertz CT molecular complexity index is 779. The highest BCUT2D eigenvalue weighted by atomic mass is 32.2. The van der Waals surface area contributed by atoms with Gasteiger partial charge in [-0.2, -0.15) is 0 Å². The molecule has 2 aliphatic heterocycles. The predicted molar refractivity (Wildman–Crippen MR) is 98.3 cm³/mol. The SMILES string of the molecule is CC1=C(Sc2ccccc2)[C@@H]2c3ccccc3OC[C@@H]2C(C)(C)O1. The van der Waals surface area contributed by atoms with Gasteiger partial charge >= 0.3 is 0 Å². The minimum atomic E-state index is -0.233. The van der Waals surface area contributed by atoms with Gasteiger partial charge in [0.25, 0.3) is 0 Å². The van der Waals surface area contributed by atoms with Crippen LogP contribution in [-0.2, 0) is 4.74 Å². The number of rotatable bonds is 2. The molecule has 0 fully saturated rings. The van der Waals surface area contributed by atoms with E-state index < -0.39 is 0 Å². The van der Waals surface area contributed by atoms with E-state index in [1.165, 1.54) is 15.4 Å². The molecule has 0 amide bonds. The minimum Gasteiger partial charge on any atom is -0.493 e. The summed E-state index contributed by atoms with van der Waals surface area (Å²) in [6.07, 6.45) is 0. The molecule has 2 aliphatic rings. The number of hydrogen-bond acceptors (Lipinski definition) is 3. The minimum absolute atomic E-state index is 0.233. The zero-order chi connectivity index (χ0) is 16.7. The zero-order valence-electron chi connectivity index (χ0n) is 14.3. The normalized spacial score (nSPS) is 24.5. The number of allylic oxidation sites excluding steroid dienone is 2. The maximum Gasteiger partial charge on any atom is 0.123 e. The molecular weight excluding hydrogens is 316 g/mol. The maximum absolute atomic E-state index is 6.32. The van der Waals surface area contributed by atoms with Gasteiger partial charge in [-0.15, -0.1) is 0 Å². The lowest BCUT2D eigenvalue weighted by atomic mass is 9.73. The van der Waals surface area contributed by atoms with Crippen LogP contribution >= 0.6 is 11.8 Å². The molecule has 4 rings (SSSR count). The first-order valence-electron chi connectivity index (χ1n) is 8.40. The molecule has 2 aromatic carbocycles. The van der Waals surface area contributed by atoms with Crippen molar-refractivity contribution >= 4 is 11.8 Å². The Morgan fingerprint density at radius 3 is 2.50 bits per heavy atom. The van der Waals surface area contributed by atoms with E-state index in [2.05, 4.69) is 69.3 Å². The van der Waals surface area contributed by atoms with Crippen molar-refractivity contribution < 1.29 is 9.47 Å². The first-order valence-corrected chi connectivity index (χ1v) is 9.22. The van der Waals surface area contributed by atoms with E-state index in [4.69, 9.17) is 9.47 Å². The molecule has 0 bridgehead atoms. The second-order valence-corrected chi connectivity index (χ2v) is 8.09. The molecule has 0 aliphatic carbocycles. The number of benzene rings is 2. The van der Waals surface area contributed by atoms with Crippen molar-refractivity contribution in [3.05, 3.63) is 70.8 Å². The number of thioether (sulfide) groups is 1. The summed E-state index contributed by atoms with van der Waals surface area (Å²) in [6.45, 7) is 7.15. The predicted octanol–water partition coefficient (Wildman–Crippen LogP) is 5.61. The van der Waals surface area contributed by atoms with Crippen LogP contribution in [0.15, 0.2) is 70.2 Å². The lowest BCUT2D eigenvalue weighted by molar-refractivity contribution is -0.0591. The van der Waals surface area contributed by atoms with E-state index in [1.54, 1.807) is 0 Å². The van der Waals surface area contributed by atoms with E-state index in [0.29, 0.717) is 18.4 Å². The van der Waals surface area contributed by atoms with Crippen LogP contribution in [-0.4, -0.2) is 12.2 Å². The highest BCUT2D eigenvalue weighted by Crippen LogP contribution is 2.55. The molecule has 0 spiro atoms. The Kier molecular flexibility index (Phi) is 3.84. The Morgan fingerprint density at radius 1 is 1.00 bits per heavy atom. The van der Waals surface area contributed by atoms with Gasteiger partial charge in [-0.3, -0.25) is 0 Å². The van der Waals surface area contributed by atoms with Crippen LogP contribution in [0, 0.1) is 5.92 Å². The molecule has 0 unspecified atom stereocenters. The quantitative estimate of drug-likeness (QED) is 0.709. The van der Waals surface area contributed by atoms with E-state index in [1.807, 2.05) is 17.8 Å². The third-order valence-corrected chi connectivity index (χ3v) is 6.25. The molecule has 124 valence electrons. The van der Waals surface area contributed by atoms with Crippen LogP contribution < -0.4 is 4.74 Å². The van der Waals surface area contributed by atoms with Gasteiger partial charge in [-0.05, 0) is 39.0 Å². The van der Waals surface area contributed by atoms with Crippen molar-refractivity contribution in [2.75, 3.05) is 6.61 Å². The molecule has 2 atom stereocenters. The van der Waals surface area contributed by atoms with Crippen LogP contribution in [0.25, 0.3) is 0 Å². The van der Waals surface area contributed by atoms with E-state index in [9.17, 15) is 0 Å². The van der Waals surface area contributed by atoms with Crippen molar-refractivity contribution in [3.63, 3.8) is 0 Å². The molecule has 24 heavy (non-hydrogen) atoms. The van der Waals surface area contributed by atoms with Gasteiger partial charge in [0, 0.05) is 27.2 Å². The van der Waals surface area contributed by atoms with Crippen LogP contribution in [0.1, 0.15) is 32.3 Å². The van der Waals surface area contributed by atoms with Gasteiger partial charge in [0.05, 0.1) is 6.61 Å². The molecule has 0 aromatic heterocycles. The molecule has 0 saturated carbocycles. The van der Waals surface area contributed by atoms with Gasteiger partial charge in [0.15, 0.2) is 0 Å². The number of fused-ring (bicyclic) bond motifs is 3. The fourth-order valence-corrected chi connectivity index (χ4v) is 4.93. The summed E-state index contributed by atoms with van der Waals surface area (Å²) in [6, 6.07) is 19.0. The van der Waals surface area contributed by atoms with Crippen LogP contribution in [0.5, 0.6) is 5.75 Å². The van der Waals surface area contributed by atoms with E-state index in [0.717, 1.165) is 11.5 Å². The first-order chi connectivity index (χ1) is 11.6. The molecule has 3 heteroatoms. The number of hydrogen-bond donors (Lipinski definition) is 0. The smallest absolute Gasteiger partial charge is 0.123 e. The van der Waals surface area contributed by atoms with Gasteiger partial charge in [0.1, 0.15) is 17.1 Å². The van der Waals surface area contributed by atoms with Crippen LogP contribution in [0.2, 0.25) is 0 Å². The molecule has 2 aromatic rings. The number of ether oxygens (including phenoxy) is 2. The summed E-state index contributed by atoms with van der Waals surface area (Å²) in [5.74, 6) is 2.67. The van der Waals surface area contributed by atoms with E-state index in [-0.39, 0.29) is 5.60 Å². The summed E-state index contributed by atoms with van der Waals surface area (Å²) in [5.41, 5.74) is 1.05. The first kappa shape index (κ1) is 15.6. The van der Waals surface area contributed by atoms with Crippen LogP contribution in [0.4, 0.5) is 0 Å². The summed E-state index contributed by atoms with van der Waals surface area (Å²) < 4.78 is 12.4. The molecule has 2 heterocycles. The molecular formula is C21H22O2S. The van der Waals surface area contributed by atoms with Gasteiger partial charge in [0.2, 0.25) is 0 Å². The lowest BCUT2D eigenvalue weighted by Crippen LogP contribution is -2.46. The number of para-hydroxylation sites is 1. The third-order valence-electron chi connectivity index (χ3n) is 4.98. The van der Waals surface area contributed by atoms with Crippen molar-refractivity contribution in [3.8, 4) is 5.75 Å². The average molecular weight is 338 g/mol. The summed E-state index contributed by atoms with van der Waals surface area (Å²) in [5, 5.41) is 0. The van der Waals surface area contributed by atoms with Crippen molar-refractivity contribution in [2.24, 2.45) is 5.92 Å². The van der Waals surface area contributed by atoms with Gasteiger partial charge < -0.3 is 9.47 Å². The summed E-state index contributed by atoms with van der Waals surface area (Å²) in [4.78, 5) is 2.55. The summed E-state index contributed by atoms with van der Waals surface area (Å²) >= 11 is 1.82. The van der Waals surface area contributed by atoms with Gasteiger partial charge in [-0.1, -0.05) is 48.2 Å². The maximum atomic E-state index is 6.32. The summed E-state index contributed by atoms with van der Waals surface area (Å²) in [7, 11) is 0. The Balaban J connectivity index is 1.82. The largest absolute Gasteiger partial charge is 0.493 e. The molecule has 0 saturated heterocycles. The zero-order valence-corrected chi connectivity index (χ0v) is 15.1. The molecule has 0 radical (unpaired) electrons.